The number of nitriles is 1. The molecule has 3 heteroatoms. The summed E-state index contributed by atoms with van der Waals surface area (Å²) in [6.07, 6.45) is 0. The molecule has 0 N–H and O–H groups in total. The summed E-state index contributed by atoms with van der Waals surface area (Å²) < 4.78 is 10.3. The molecule has 2 aromatic carbocycles. The first-order chi connectivity index (χ1) is 7.80. The van der Waals surface area contributed by atoms with E-state index in [2.05, 4.69) is 6.07 Å². The number of fused-ring (bicyclic) bond motifs is 1. The van der Waals surface area contributed by atoms with Crippen LogP contribution in [0.25, 0.3) is 10.8 Å². The SMILES string of the molecule is COc1ccc2c(C#N)c(OC)ccc2c1. The maximum atomic E-state index is 9.11. The highest BCUT2D eigenvalue weighted by molar-refractivity contribution is 5.91. The van der Waals surface area contributed by atoms with Crippen molar-refractivity contribution in [1.82, 2.24) is 0 Å². The second kappa shape index (κ2) is 4.11. The zero-order valence-electron chi connectivity index (χ0n) is 9.15. The second-order valence-electron chi connectivity index (χ2n) is 3.34. The molecule has 0 saturated heterocycles. The monoisotopic (exact) mass is 213 g/mol. The van der Waals surface area contributed by atoms with E-state index in [9.17, 15) is 0 Å². The highest BCUT2D eigenvalue weighted by Crippen LogP contribution is 2.29. The molecular weight excluding hydrogens is 202 g/mol. The fourth-order valence-corrected chi connectivity index (χ4v) is 1.70. The van der Waals surface area contributed by atoms with Gasteiger partial charge in [-0.15, -0.1) is 0 Å². The standard InChI is InChI=1S/C13H11NO2/c1-15-10-4-5-11-9(7-10)3-6-13(16-2)12(11)8-14/h3-7H,1-2H3. The van der Waals surface area contributed by atoms with Gasteiger partial charge < -0.3 is 9.47 Å². The molecule has 0 unspecified atom stereocenters. The summed E-state index contributed by atoms with van der Waals surface area (Å²) >= 11 is 0. The number of rotatable bonds is 2. The number of benzene rings is 2. The molecule has 2 aromatic rings. The quantitative estimate of drug-likeness (QED) is 0.770. The third-order valence-electron chi connectivity index (χ3n) is 2.52. The fraction of sp³-hybridized carbons (Fsp3) is 0.154. The Bertz CT molecular complexity index is 570. The Labute approximate surface area is 93.8 Å². The predicted octanol–water partition coefficient (Wildman–Crippen LogP) is 2.73. The van der Waals surface area contributed by atoms with E-state index in [0.29, 0.717) is 11.3 Å². The van der Waals surface area contributed by atoms with Crippen LogP contribution in [0, 0.1) is 11.3 Å². The van der Waals surface area contributed by atoms with Crippen LogP contribution in [0.4, 0.5) is 0 Å². The van der Waals surface area contributed by atoms with Gasteiger partial charge in [-0.3, -0.25) is 0 Å². The van der Waals surface area contributed by atoms with E-state index in [1.165, 1.54) is 0 Å². The van der Waals surface area contributed by atoms with Gasteiger partial charge in [0.1, 0.15) is 23.1 Å². The van der Waals surface area contributed by atoms with Crippen molar-refractivity contribution in [1.29, 1.82) is 5.26 Å². The van der Waals surface area contributed by atoms with Gasteiger partial charge in [-0.25, -0.2) is 0 Å². The maximum Gasteiger partial charge on any atom is 0.137 e. The molecule has 0 fully saturated rings. The van der Waals surface area contributed by atoms with Crippen LogP contribution < -0.4 is 9.47 Å². The van der Waals surface area contributed by atoms with Gasteiger partial charge in [0.05, 0.1) is 14.2 Å². The van der Waals surface area contributed by atoms with Crippen LogP contribution in [0.5, 0.6) is 11.5 Å². The molecule has 0 aliphatic heterocycles. The Morgan fingerprint density at radius 3 is 2.50 bits per heavy atom. The van der Waals surface area contributed by atoms with Gasteiger partial charge >= 0.3 is 0 Å². The predicted molar refractivity (Wildman–Crippen MR) is 61.8 cm³/mol. The highest BCUT2D eigenvalue weighted by atomic mass is 16.5. The first kappa shape index (κ1) is 10.3. The van der Waals surface area contributed by atoms with Crippen molar-refractivity contribution in [2.75, 3.05) is 14.2 Å². The number of hydrogen-bond donors (Lipinski definition) is 0. The average Bonchev–Trinajstić information content (AvgIpc) is 2.36. The Morgan fingerprint density at radius 1 is 1.06 bits per heavy atom. The van der Waals surface area contributed by atoms with E-state index in [1.807, 2.05) is 24.3 Å². The third kappa shape index (κ3) is 1.55. The van der Waals surface area contributed by atoms with Crippen molar-refractivity contribution in [3.63, 3.8) is 0 Å². The van der Waals surface area contributed by atoms with Gasteiger partial charge in [0.15, 0.2) is 0 Å². The topological polar surface area (TPSA) is 42.2 Å². The Hall–Kier alpha value is -2.21. The zero-order valence-corrected chi connectivity index (χ0v) is 9.15. The van der Waals surface area contributed by atoms with Gasteiger partial charge in [0, 0.05) is 5.39 Å². The molecule has 0 aliphatic carbocycles. The van der Waals surface area contributed by atoms with Crippen molar-refractivity contribution in [3.05, 3.63) is 35.9 Å². The smallest absolute Gasteiger partial charge is 0.137 e. The van der Waals surface area contributed by atoms with Crippen LogP contribution in [-0.4, -0.2) is 14.2 Å². The van der Waals surface area contributed by atoms with Crippen LogP contribution in [0.15, 0.2) is 30.3 Å². The van der Waals surface area contributed by atoms with Crippen LogP contribution in [-0.2, 0) is 0 Å². The van der Waals surface area contributed by atoms with Gasteiger partial charge in [-0.1, -0.05) is 6.07 Å². The van der Waals surface area contributed by atoms with Crippen molar-refractivity contribution < 1.29 is 9.47 Å². The van der Waals surface area contributed by atoms with E-state index in [1.54, 1.807) is 20.3 Å². The zero-order chi connectivity index (χ0) is 11.5. The molecule has 80 valence electrons. The summed E-state index contributed by atoms with van der Waals surface area (Å²) in [5.41, 5.74) is 0.558. The molecule has 0 heterocycles. The van der Waals surface area contributed by atoms with Gasteiger partial charge in [0.25, 0.3) is 0 Å². The summed E-state index contributed by atoms with van der Waals surface area (Å²) in [4.78, 5) is 0. The number of nitrogens with zero attached hydrogens (tertiary/aromatic N) is 1. The molecule has 0 atom stereocenters. The second-order valence-corrected chi connectivity index (χ2v) is 3.34. The minimum atomic E-state index is 0.558. The van der Waals surface area contributed by atoms with Gasteiger partial charge in [0.2, 0.25) is 0 Å². The number of hydrogen-bond acceptors (Lipinski definition) is 3. The lowest BCUT2D eigenvalue weighted by Crippen LogP contribution is -1.90. The molecule has 16 heavy (non-hydrogen) atoms. The molecule has 0 radical (unpaired) electrons. The lowest BCUT2D eigenvalue weighted by Gasteiger charge is -2.07. The van der Waals surface area contributed by atoms with E-state index >= 15 is 0 Å². The molecule has 2 rings (SSSR count). The lowest BCUT2D eigenvalue weighted by atomic mass is 10.0. The highest BCUT2D eigenvalue weighted by Gasteiger charge is 2.07. The first-order valence-corrected chi connectivity index (χ1v) is 4.85. The molecule has 0 amide bonds. The van der Waals surface area contributed by atoms with Crippen molar-refractivity contribution in [2.45, 2.75) is 0 Å². The van der Waals surface area contributed by atoms with E-state index in [-0.39, 0.29) is 0 Å². The summed E-state index contributed by atoms with van der Waals surface area (Å²) in [5, 5.41) is 11.0. The summed E-state index contributed by atoms with van der Waals surface area (Å²) in [6, 6.07) is 11.5. The van der Waals surface area contributed by atoms with Crippen LogP contribution >= 0.6 is 0 Å². The van der Waals surface area contributed by atoms with E-state index in [4.69, 9.17) is 14.7 Å². The average molecular weight is 213 g/mol. The molecule has 0 spiro atoms. The van der Waals surface area contributed by atoms with Gasteiger partial charge in [-0.2, -0.15) is 5.26 Å². The van der Waals surface area contributed by atoms with Crippen molar-refractivity contribution >= 4 is 10.8 Å². The van der Waals surface area contributed by atoms with Crippen LogP contribution in [0.1, 0.15) is 5.56 Å². The largest absolute Gasteiger partial charge is 0.497 e. The Balaban J connectivity index is 2.75. The molecule has 0 saturated carbocycles. The normalized spacial score (nSPS) is 9.81. The summed E-state index contributed by atoms with van der Waals surface area (Å²) in [6.45, 7) is 0. The third-order valence-corrected chi connectivity index (χ3v) is 2.52. The van der Waals surface area contributed by atoms with Crippen molar-refractivity contribution in [3.8, 4) is 17.6 Å². The minimum absolute atomic E-state index is 0.558. The Kier molecular flexibility index (Phi) is 2.65. The fourth-order valence-electron chi connectivity index (χ4n) is 1.70. The lowest BCUT2D eigenvalue weighted by molar-refractivity contribution is 0.413. The van der Waals surface area contributed by atoms with Crippen LogP contribution in [0.3, 0.4) is 0 Å². The van der Waals surface area contributed by atoms with Gasteiger partial charge in [-0.05, 0) is 29.7 Å². The molecular formula is C13H11NO2. The maximum absolute atomic E-state index is 9.11. The molecule has 0 aliphatic rings. The summed E-state index contributed by atoms with van der Waals surface area (Å²) in [5.74, 6) is 1.38. The molecule has 0 bridgehead atoms. The molecule has 0 aromatic heterocycles. The Morgan fingerprint density at radius 2 is 1.88 bits per heavy atom. The first-order valence-electron chi connectivity index (χ1n) is 4.85. The number of methoxy groups -OCH3 is 2. The minimum Gasteiger partial charge on any atom is -0.497 e. The number of ether oxygens (including phenoxy) is 2. The van der Waals surface area contributed by atoms with E-state index < -0.39 is 0 Å². The van der Waals surface area contributed by atoms with Crippen molar-refractivity contribution in [2.24, 2.45) is 0 Å². The van der Waals surface area contributed by atoms with E-state index in [0.717, 1.165) is 16.5 Å². The molecule has 3 nitrogen and oxygen atoms in total. The summed E-state index contributed by atoms with van der Waals surface area (Å²) in [7, 11) is 3.18. The van der Waals surface area contributed by atoms with Crippen LogP contribution in [0.2, 0.25) is 0 Å².